The summed E-state index contributed by atoms with van der Waals surface area (Å²) < 4.78 is 26.4. The second-order valence-corrected chi connectivity index (χ2v) is 10.1. The van der Waals surface area contributed by atoms with Crippen LogP contribution in [0.1, 0.15) is 67.6 Å². The first-order valence-electron chi connectivity index (χ1n) is 12.3. The third-order valence-electron chi connectivity index (χ3n) is 8.50. The minimum Gasteiger partial charge on any atom is -0.369 e. The van der Waals surface area contributed by atoms with Gasteiger partial charge in [-0.15, -0.1) is 0 Å². The number of piperidine rings is 1. The van der Waals surface area contributed by atoms with Crippen LogP contribution in [0.15, 0.2) is 42.5 Å². The lowest BCUT2D eigenvalue weighted by Crippen LogP contribution is -2.39. The fourth-order valence-corrected chi connectivity index (χ4v) is 6.91. The molecule has 0 radical (unpaired) electrons. The molecule has 1 aliphatic heterocycles. The molecule has 0 amide bonds. The molecule has 3 aliphatic rings. The summed E-state index contributed by atoms with van der Waals surface area (Å²) in [7, 11) is 3.39. The number of rotatable bonds is 5. The average molecular weight is 438 g/mol. The monoisotopic (exact) mass is 437 g/mol. The first-order chi connectivity index (χ1) is 15.6. The number of fused-ring (bicyclic) bond motifs is 1. The first kappa shape index (κ1) is 21.9. The fourth-order valence-electron chi connectivity index (χ4n) is 6.91. The third-order valence-corrected chi connectivity index (χ3v) is 8.50. The van der Waals surface area contributed by atoms with Gasteiger partial charge in [0.1, 0.15) is 5.82 Å². The molecule has 2 fully saturated rings. The maximum Gasteiger partial charge on any atom is 0.159 e. The second kappa shape index (κ2) is 9.15. The highest BCUT2D eigenvalue weighted by Crippen LogP contribution is 2.57. The van der Waals surface area contributed by atoms with Gasteiger partial charge in [-0.1, -0.05) is 43.2 Å². The van der Waals surface area contributed by atoms with E-state index < -0.39 is 0 Å². The van der Waals surface area contributed by atoms with Crippen LogP contribution in [-0.4, -0.2) is 33.6 Å². The van der Waals surface area contributed by atoms with Gasteiger partial charge in [0.05, 0.1) is 5.69 Å². The molecule has 0 aromatic heterocycles. The SMILES string of the molecule is COC(OC)C1CCN(c2ccc([C@@H]3c4ccccc4CCC34CCCC4)cc2F)CC1. The molecule has 2 aromatic carbocycles. The molecular formula is C28H36FNO2. The summed E-state index contributed by atoms with van der Waals surface area (Å²) in [6.07, 6.45) is 9.26. The van der Waals surface area contributed by atoms with Gasteiger partial charge in [0.15, 0.2) is 6.29 Å². The van der Waals surface area contributed by atoms with Gasteiger partial charge in [-0.3, -0.25) is 0 Å². The van der Waals surface area contributed by atoms with Crippen molar-refractivity contribution in [2.45, 2.75) is 63.6 Å². The van der Waals surface area contributed by atoms with E-state index in [1.165, 1.54) is 43.2 Å². The van der Waals surface area contributed by atoms with E-state index in [1.807, 2.05) is 12.1 Å². The van der Waals surface area contributed by atoms with Gasteiger partial charge in [-0.2, -0.15) is 0 Å². The molecule has 1 saturated carbocycles. The molecule has 2 aliphatic carbocycles. The number of hydrogen-bond donors (Lipinski definition) is 0. The van der Waals surface area contributed by atoms with Gasteiger partial charge in [0.25, 0.3) is 0 Å². The van der Waals surface area contributed by atoms with Gasteiger partial charge < -0.3 is 14.4 Å². The predicted molar refractivity (Wildman–Crippen MR) is 127 cm³/mol. The van der Waals surface area contributed by atoms with E-state index in [-0.39, 0.29) is 12.1 Å². The van der Waals surface area contributed by atoms with Crippen LogP contribution in [-0.2, 0) is 15.9 Å². The molecule has 3 nitrogen and oxygen atoms in total. The lowest BCUT2D eigenvalue weighted by molar-refractivity contribution is -0.141. The number of hydrogen-bond acceptors (Lipinski definition) is 3. The van der Waals surface area contributed by atoms with E-state index in [4.69, 9.17) is 9.47 Å². The lowest BCUT2D eigenvalue weighted by atomic mass is 9.61. The number of ether oxygens (including phenoxy) is 2. The van der Waals surface area contributed by atoms with Gasteiger partial charge in [0.2, 0.25) is 0 Å². The highest BCUT2D eigenvalue weighted by molar-refractivity contribution is 5.52. The normalized spacial score (nSPS) is 23.1. The number of halogens is 1. The van der Waals surface area contributed by atoms with E-state index in [9.17, 15) is 0 Å². The Morgan fingerprint density at radius 1 is 0.969 bits per heavy atom. The summed E-state index contributed by atoms with van der Waals surface area (Å²) in [5.41, 5.74) is 5.08. The molecule has 1 saturated heterocycles. The largest absolute Gasteiger partial charge is 0.369 e. The van der Waals surface area contributed by atoms with Crippen LogP contribution in [0.4, 0.5) is 10.1 Å². The number of methoxy groups -OCH3 is 2. The zero-order valence-electron chi connectivity index (χ0n) is 19.5. The molecule has 0 unspecified atom stereocenters. The molecule has 5 rings (SSSR count). The Morgan fingerprint density at radius 2 is 1.69 bits per heavy atom. The number of nitrogens with zero attached hydrogens (tertiary/aromatic N) is 1. The van der Waals surface area contributed by atoms with Gasteiger partial charge in [0, 0.05) is 39.1 Å². The van der Waals surface area contributed by atoms with Crippen molar-refractivity contribution < 1.29 is 13.9 Å². The van der Waals surface area contributed by atoms with Gasteiger partial charge >= 0.3 is 0 Å². The highest BCUT2D eigenvalue weighted by Gasteiger charge is 2.45. The van der Waals surface area contributed by atoms with Crippen molar-refractivity contribution in [1.82, 2.24) is 0 Å². The Hall–Kier alpha value is -1.91. The molecule has 1 heterocycles. The molecule has 32 heavy (non-hydrogen) atoms. The summed E-state index contributed by atoms with van der Waals surface area (Å²) in [5.74, 6) is 0.602. The summed E-state index contributed by atoms with van der Waals surface area (Å²) in [6, 6.07) is 15.0. The van der Waals surface area contributed by atoms with Crippen molar-refractivity contribution in [3.8, 4) is 0 Å². The molecular weight excluding hydrogens is 401 g/mol. The predicted octanol–water partition coefficient (Wildman–Crippen LogP) is 6.30. The van der Waals surface area contributed by atoms with E-state index in [1.54, 1.807) is 14.2 Å². The third kappa shape index (κ3) is 3.86. The zero-order valence-corrected chi connectivity index (χ0v) is 19.5. The summed E-state index contributed by atoms with van der Waals surface area (Å²) in [6.45, 7) is 1.67. The Labute approximate surface area is 191 Å². The Kier molecular flexibility index (Phi) is 6.26. The van der Waals surface area contributed by atoms with Crippen molar-refractivity contribution in [1.29, 1.82) is 0 Å². The molecule has 0 bridgehead atoms. The van der Waals surface area contributed by atoms with E-state index in [0.29, 0.717) is 17.3 Å². The summed E-state index contributed by atoms with van der Waals surface area (Å²) >= 11 is 0. The molecule has 1 atom stereocenters. The van der Waals surface area contributed by atoms with Gasteiger partial charge in [-0.25, -0.2) is 4.39 Å². The minimum atomic E-state index is -0.168. The summed E-state index contributed by atoms with van der Waals surface area (Å²) in [5, 5.41) is 0. The molecule has 2 aromatic rings. The summed E-state index contributed by atoms with van der Waals surface area (Å²) in [4.78, 5) is 2.19. The van der Waals surface area contributed by atoms with Crippen molar-refractivity contribution in [3.63, 3.8) is 0 Å². The average Bonchev–Trinajstić information content (AvgIpc) is 3.29. The Bertz CT molecular complexity index is 927. The minimum absolute atomic E-state index is 0.0767. The van der Waals surface area contributed by atoms with Crippen molar-refractivity contribution in [2.75, 3.05) is 32.2 Å². The van der Waals surface area contributed by atoms with Crippen molar-refractivity contribution in [2.24, 2.45) is 11.3 Å². The van der Waals surface area contributed by atoms with E-state index in [0.717, 1.165) is 43.6 Å². The topological polar surface area (TPSA) is 21.7 Å². The van der Waals surface area contributed by atoms with Crippen LogP contribution in [0.3, 0.4) is 0 Å². The van der Waals surface area contributed by atoms with Crippen LogP contribution in [0.25, 0.3) is 0 Å². The second-order valence-electron chi connectivity index (χ2n) is 10.1. The van der Waals surface area contributed by atoms with Crippen LogP contribution in [0.2, 0.25) is 0 Å². The smallest absolute Gasteiger partial charge is 0.159 e. The maximum absolute atomic E-state index is 15.5. The standard InChI is InChI=1S/C28H36FNO2/c1-31-27(32-2)21-12-17-30(18-13-21)25-10-9-22(19-24(25)29)26-23-8-4-3-7-20(23)11-16-28(26)14-5-6-15-28/h3-4,7-10,19,21,26-27H,5-6,11-18H2,1-2H3/t26-/m1/s1. The fraction of sp³-hybridized carbons (Fsp3) is 0.571. The van der Waals surface area contributed by atoms with Crippen molar-refractivity contribution in [3.05, 3.63) is 65.0 Å². The molecule has 172 valence electrons. The first-order valence-corrected chi connectivity index (χ1v) is 12.3. The maximum atomic E-state index is 15.5. The Morgan fingerprint density at radius 3 is 2.38 bits per heavy atom. The van der Waals surface area contributed by atoms with Crippen molar-refractivity contribution >= 4 is 5.69 Å². The Balaban J connectivity index is 1.41. The van der Waals surface area contributed by atoms with Crippen LogP contribution in [0.5, 0.6) is 0 Å². The van der Waals surface area contributed by atoms with Crippen LogP contribution >= 0.6 is 0 Å². The van der Waals surface area contributed by atoms with Crippen LogP contribution < -0.4 is 4.90 Å². The van der Waals surface area contributed by atoms with E-state index >= 15 is 4.39 Å². The number of benzene rings is 2. The lowest BCUT2D eigenvalue weighted by Gasteiger charge is -2.43. The molecule has 0 N–H and O–H groups in total. The number of aryl methyl sites for hydroxylation is 1. The quantitative estimate of drug-likeness (QED) is 0.513. The number of anilines is 1. The highest BCUT2D eigenvalue weighted by atomic mass is 19.1. The van der Waals surface area contributed by atoms with Gasteiger partial charge in [-0.05, 0) is 72.8 Å². The molecule has 1 spiro atoms. The van der Waals surface area contributed by atoms with E-state index in [2.05, 4.69) is 35.2 Å². The molecule has 4 heteroatoms. The zero-order chi connectivity index (χ0) is 22.1. The van der Waals surface area contributed by atoms with Crippen LogP contribution in [0, 0.1) is 17.2 Å².